The Hall–Kier alpha value is -3.67. The zero-order chi connectivity index (χ0) is 50.0. The van der Waals surface area contributed by atoms with Crippen LogP contribution in [0.1, 0.15) is 265 Å². The van der Waals surface area contributed by atoms with Crippen LogP contribution in [0.15, 0.2) is 97.2 Å². The SMILES string of the molecule is CCCCC/C=C\C/C=C\C/C=C\CCCCCCC(=O)OC[C@@H](COC(=O)CCCCCCCCCCC/C=C\C/C=C\CCCCC)OC(=O)CCCC/C=C\C/C=C\C/C=C\CCCCC. The van der Waals surface area contributed by atoms with Crippen molar-refractivity contribution in [2.24, 2.45) is 0 Å². The largest absolute Gasteiger partial charge is 0.462 e. The Bertz CT molecular complexity index is 1380. The van der Waals surface area contributed by atoms with Crippen molar-refractivity contribution < 1.29 is 28.6 Å². The molecular formula is C63H106O6. The summed E-state index contributed by atoms with van der Waals surface area (Å²) >= 11 is 0. The molecule has 0 rings (SSSR count). The fourth-order valence-electron chi connectivity index (χ4n) is 7.66. The van der Waals surface area contributed by atoms with Gasteiger partial charge in [0.05, 0.1) is 0 Å². The Morgan fingerprint density at radius 3 is 0.841 bits per heavy atom. The number of ether oxygens (including phenoxy) is 3. The predicted octanol–water partition coefficient (Wildman–Crippen LogP) is 19.3. The third kappa shape index (κ3) is 55.1. The fraction of sp³-hybridized carbons (Fsp3) is 0.698. The van der Waals surface area contributed by atoms with Crippen molar-refractivity contribution in [3.8, 4) is 0 Å². The molecule has 0 fully saturated rings. The molecule has 0 aliphatic carbocycles. The van der Waals surface area contributed by atoms with Gasteiger partial charge in [0.25, 0.3) is 0 Å². The lowest BCUT2D eigenvalue weighted by Crippen LogP contribution is -2.30. The molecule has 0 amide bonds. The lowest BCUT2D eigenvalue weighted by molar-refractivity contribution is -0.167. The molecule has 6 nitrogen and oxygen atoms in total. The van der Waals surface area contributed by atoms with Crippen LogP contribution in [-0.2, 0) is 28.6 Å². The molecule has 0 aromatic heterocycles. The number of unbranched alkanes of at least 4 members (excludes halogenated alkanes) is 24. The second-order valence-corrected chi connectivity index (χ2v) is 18.8. The molecule has 0 radical (unpaired) electrons. The smallest absolute Gasteiger partial charge is 0.306 e. The first-order chi connectivity index (χ1) is 34.0. The molecule has 0 heterocycles. The Balaban J connectivity index is 4.47. The minimum atomic E-state index is -0.810. The quantitative estimate of drug-likeness (QED) is 0.0262. The highest BCUT2D eigenvalue weighted by Crippen LogP contribution is 2.14. The Morgan fingerprint density at radius 2 is 0.522 bits per heavy atom. The number of hydrogen-bond donors (Lipinski definition) is 0. The monoisotopic (exact) mass is 959 g/mol. The van der Waals surface area contributed by atoms with Gasteiger partial charge in [-0.1, -0.05) is 214 Å². The van der Waals surface area contributed by atoms with Crippen molar-refractivity contribution in [1.29, 1.82) is 0 Å². The predicted molar refractivity (Wildman–Crippen MR) is 297 cm³/mol. The highest BCUT2D eigenvalue weighted by molar-refractivity contribution is 5.71. The molecule has 69 heavy (non-hydrogen) atoms. The van der Waals surface area contributed by atoms with Gasteiger partial charge in [0.1, 0.15) is 13.2 Å². The van der Waals surface area contributed by atoms with Gasteiger partial charge in [0.2, 0.25) is 0 Å². The van der Waals surface area contributed by atoms with Crippen molar-refractivity contribution in [3.05, 3.63) is 97.2 Å². The van der Waals surface area contributed by atoms with E-state index in [0.717, 1.165) is 96.3 Å². The van der Waals surface area contributed by atoms with Gasteiger partial charge in [-0.15, -0.1) is 0 Å². The van der Waals surface area contributed by atoms with Crippen molar-refractivity contribution in [2.45, 2.75) is 271 Å². The van der Waals surface area contributed by atoms with Crippen LogP contribution in [0.5, 0.6) is 0 Å². The summed E-state index contributed by atoms with van der Waals surface area (Å²) in [4.78, 5) is 38.1. The minimum Gasteiger partial charge on any atom is -0.462 e. The summed E-state index contributed by atoms with van der Waals surface area (Å²) in [6, 6.07) is 0. The van der Waals surface area contributed by atoms with E-state index in [0.29, 0.717) is 19.3 Å². The van der Waals surface area contributed by atoms with E-state index in [1.807, 2.05) is 0 Å². The lowest BCUT2D eigenvalue weighted by atomic mass is 10.1. The molecule has 0 aromatic carbocycles. The second kappa shape index (κ2) is 56.9. The molecule has 0 N–H and O–H groups in total. The number of carbonyl (C=O) groups excluding carboxylic acids is 3. The summed E-state index contributed by atoms with van der Waals surface area (Å²) in [7, 11) is 0. The van der Waals surface area contributed by atoms with E-state index in [2.05, 4.69) is 118 Å². The van der Waals surface area contributed by atoms with E-state index in [1.165, 1.54) is 122 Å². The summed E-state index contributed by atoms with van der Waals surface area (Å²) in [5.74, 6) is -0.966. The molecule has 0 aliphatic heterocycles. The first kappa shape index (κ1) is 65.3. The molecular weight excluding hydrogens is 853 g/mol. The average molecular weight is 960 g/mol. The first-order valence-electron chi connectivity index (χ1n) is 28.7. The maximum absolute atomic E-state index is 12.8. The minimum absolute atomic E-state index is 0.103. The van der Waals surface area contributed by atoms with E-state index >= 15 is 0 Å². The summed E-state index contributed by atoms with van der Waals surface area (Å²) < 4.78 is 16.8. The van der Waals surface area contributed by atoms with Crippen LogP contribution >= 0.6 is 0 Å². The van der Waals surface area contributed by atoms with Crippen LogP contribution < -0.4 is 0 Å². The van der Waals surface area contributed by atoms with Crippen LogP contribution in [0.4, 0.5) is 0 Å². The Labute approximate surface area is 426 Å². The molecule has 0 saturated carbocycles. The number of hydrogen-bond acceptors (Lipinski definition) is 6. The van der Waals surface area contributed by atoms with Crippen LogP contribution in [0.25, 0.3) is 0 Å². The lowest BCUT2D eigenvalue weighted by Gasteiger charge is -2.18. The number of allylic oxidation sites excluding steroid dienone is 16. The van der Waals surface area contributed by atoms with Crippen molar-refractivity contribution in [2.75, 3.05) is 13.2 Å². The van der Waals surface area contributed by atoms with Gasteiger partial charge < -0.3 is 14.2 Å². The fourth-order valence-corrected chi connectivity index (χ4v) is 7.66. The summed E-state index contributed by atoms with van der Waals surface area (Å²) in [6.07, 6.45) is 75.3. The van der Waals surface area contributed by atoms with Crippen molar-refractivity contribution in [3.63, 3.8) is 0 Å². The molecule has 394 valence electrons. The zero-order valence-corrected chi connectivity index (χ0v) is 45.0. The topological polar surface area (TPSA) is 78.9 Å². The Kier molecular flexibility index (Phi) is 53.9. The van der Waals surface area contributed by atoms with Crippen LogP contribution in [0.2, 0.25) is 0 Å². The van der Waals surface area contributed by atoms with E-state index in [9.17, 15) is 14.4 Å². The van der Waals surface area contributed by atoms with Gasteiger partial charge in [-0.3, -0.25) is 14.4 Å². The maximum Gasteiger partial charge on any atom is 0.306 e. The van der Waals surface area contributed by atoms with Crippen molar-refractivity contribution >= 4 is 17.9 Å². The number of esters is 3. The molecule has 0 aromatic rings. The molecule has 0 spiro atoms. The second-order valence-electron chi connectivity index (χ2n) is 18.8. The first-order valence-corrected chi connectivity index (χ1v) is 28.7. The number of rotatable bonds is 51. The third-order valence-corrected chi connectivity index (χ3v) is 12.0. The van der Waals surface area contributed by atoms with Crippen LogP contribution in [-0.4, -0.2) is 37.2 Å². The highest BCUT2D eigenvalue weighted by atomic mass is 16.6. The summed E-state index contributed by atoms with van der Waals surface area (Å²) in [5.41, 5.74) is 0. The zero-order valence-electron chi connectivity index (χ0n) is 45.0. The van der Waals surface area contributed by atoms with E-state index < -0.39 is 6.10 Å². The standard InChI is InChI=1S/C63H106O6/c1-4-7-10-13-16-19-22-25-28-30-31-33-36-38-41-44-47-50-53-56-62(65)68-59-60(69-63(66)57-54-51-48-45-42-39-34-27-24-21-18-15-12-9-6-3)58-67-61(64)55-52-49-46-43-40-37-35-32-29-26-23-20-17-14-11-8-5-2/h16-21,25-29,34-35,37,42,45,60H,4-15,22-24,30-33,36,38-41,43-44,46-59H2,1-3H3/b19-16-,20-17-,21-18-,28-25-,29-26-,34-27-,37-35-,45-42-/t60-/m0/s1. The van der Waals surface area contributed by atoms with Crippen molar-refractivity contribution in [1.82, 2.24) is 0 Å². The van der Waals surface area contributed by atoms with Gasteiger partial charge in [-0.2, -0.15) is 0 Å². The van der Waals surface area contributed by atoms with Crippen LogP contribution in [0, 0.1) is 0 Å². The normalized spacial score (nSPS) is 12.8. The maximum atomic E-state index is 12.8. The summed E-state index contributed by atoms with van der Waals surface area (Å²) in [6.45, 7) is 6.51. The van der Waals surface area contributed by atoms with E-state index in [1.54, 1.807) is 0 Å². The highest BCUT2D eigenvalue weighted by Gasteiger charge is 2.19. The molecule has 0 unspecified atom stereocenters. The molecule has 0 saturated heterocycles. The van der Waals surface area contributed by atoms with Gasteiger partial charge in [-0.25, -0.2) is 0 Å². The molecule has 0 aliphatic rings. The average Bonchev–Trinajstić information content (AvgIpc) is 3.35. The molecule has 6 heteroatoms. The Morgan fingerprint density at radius 1 is 0.290 bits per heavy atom. The molecule has 1 atom stereocenters. The molecule has 0 bridgehead atoms. The van der Waals surface area contributed by atoms with Crippen LogP contribution in [0.3, 0.4) is 0 Å². The van der Waals surface area contributed by atoms with Gasteiger partial charge in [0, 0.05) is 19.3 Å². The number of carbonyl (C=O) groups is 3. The van der Waals surface area contributed by atoms with Gasteiger partial charge in [0.15, 0.2) is 6.10 Å². The van der Waals surface area contributed by atoms with E-state index in [4.69, 9.17) is 14.2 Å². The van der Waals surface area contributed by atoms with Gasteiger partial charge >= 0.3 is 17.9 Å². The van der Waals surface area contributed by atoms with E-state index in [-0.39, 0.29) is 37.5 Å². The summed E-state index contributed by atoms with van der Waals surface area (Å²) in [5, 5.41) is 0. The van der Waals surface area contributed by atoms with Gasteiger partial charge in [-0.05, 0) is 128 Å². The third-order valence-electron chi connectivity index (χ3n) is 12.0.